The molecule has 0 saturated heterocycles. The minimum absolute atomic E-state index is 0.764. The number of rotatable bonds is 2. The summed E-state index contributed by atoms with van der Waals surface area (Å²) < 4.78 is 0. The maximum Gasteiger partial charge on any atom is -0.0224 e. The minimum Gasteiger partial charge on any atom is -0.0811 e. The predicted molar refractivity (Wildman–Crippen MR) is 57.3 cm³/mol. The predicted octanol–water partition coefficient (Wildman–Crippen LogP) is 4.34. The van der Waals surface area contributed by atoms with Gasteiger partial charge < -0.3 is 0 Å². The van der Waals surface area contributed by atoms with Crippen LogP contribution in [0.25, 0.3) is 0 Å². The van der Waals surface area contributed by atoms with Crippen molar-refractivity contribution in [1.82, 2.24) is 0 Å². The third-order valence-corrected chi connectivity index (χ3v) is 1.93. The Balaban J connectivity index is 0.000000561. The Morgan fingerprint density at radius 1 is 1.42 bits per heavy atom. The molecule has 0 heterocycles. The number of hydrogen-bond acceptors (Lipinski definition) is 0. The highest BCUT2D eigenvalue weighted by Crippen LogP contribution is 2.18. The van der Waals surface area contributed by atoms with E-state index in [1.54, 1.807) is 0 Å². The standard InChI is InChI=1S/C10H16.C2H6/c1-3-4-10-7-5-9(2)6-8-10;1-2/h5,7-9H,3-4,6H2,1-2H3;1-2H3. The zero-order valence-corrected chi connectivity index (χ0v) is 8.93. The summed E-state index contributed by atoms with van der Waals surface area (Å²) in [5.41, 5.74) is 1.53. The van der Waals surface area contributed by atoms with Crippen LogP contribution in [-0.2, 0) is 0 Å². The van der Waals surface area contributed by atoms with E-state index in [1.165, 1.54) is 24.8 Å². The largest absolute Gasteiger partial charge is 0.0811 e. The first-order valence-electron chi connectivity index (χ1n) is 5.20. The quantitative estimate of drug-likeness (QED) is 0.572. The maximum absolute atomic E-state index is 2.37. The second-order valence-corrected chi connectivity index (χ2v) is 3.10. The van der Waals surface area contributed by atoms with Crippen molar-refractivity contribution in [1.29, 1.82) is 0 Å². The lowest BCUT2D eigenvalue weighted by molar-refractivity contribution is 0.722. The molecule has 0 aromatic rings. The van der Waals surface area contributed by atoms with Crippen molar-refractivity contribution in [2.24, 2.45) is 5.92 Å². The van der Waals surface area contributed by atoms with E-state index in [4.69, 9.17) is 0 Å². The molecule has 0 aromatic heterocycles. The van der Waals surface area contributed by atoms with Gasteiger partial charge in [-0.05, 0) is 18.8 Å². The van der Waals surface area contributed by atoms with Gasteiger partial charge in [-0.15, -0.1) is 0 Å². The molecule has 0 saturated carbocycles. The van der Waals surface area contributed by atoms with E-state index in [0.29, 0.717) is 0 Å². The molecular weight excluding hydrogens is 144 g/mol. The minimum atomic E-state index is 0.764. The normalized spacial score (nSPS) is 21.0. The highest BCUT2D eigenvalue weighted by molar-refractivity contribution is 5.22. The van der Waals surface area contributed by atoms with Gasteiger partial charge in [-0.1, -0.05) is 57.9 Å². The fourth-order valence-corrected chi connectivity index (χ4v) is 1.25. The molecule has 0 aliphatic heterocycles. The first-order chi connectivity index (χ1) is 5.83. The topological polar surface area (TPSA) is 0 Å². The third-order valence-electron chi connectivity index (χ3n) is 1.93. The molecule has 0 amide bonds. The number of allylic oxidation sites excluding steroid dienone is 4. The zero-order valence-electron chi connectivity index (χ0n) is 8.93. The lowest BCUT2D eigenvalue weighted by Crippen LogP contribution is -1.93. The SMILES string of the molecule is CC.CCCC1=CCC(C)C=C1. The zero-order chi connectivity index (χ0) is 9.40. The van der Waals surface area contributed by atoms with Crippen LogP contribution in [0.2, 0.25) is 0 Å². The van der Waals surface area contributed by atoms with Crippen molar-refractivity contribution in [2.45, 2.75) is 47.0 Å². The molecule has 12 heavy (non-hydrogen) atoms. The van der Waals surface area contributed by atoms with Gasteiger partial charge in [0.25, 0.3) is 0 Å². The Bertz CT molecular complexity index is 151. The summed E-state index contributed by atoms with van der Waals surface area (Å²) >= 11 is 0. The molecule has 70 valence electrons. The van der Waals surface area contributed by atoms with Crippen LogP contribution in [-0.4, -0.2) is 0 Å². The van der Waals surface area contributed by atoms with Gasteiger partial charge in [0.15, 0.2) is 0 Å². The Morgan fingerprint density at radius 3 is 2.50 bits per heavy atom. The summed E-state index contributed by atoms with van der Waals surface area (Å²) in [6.07, 6.45) is 10.7. The van der Waals surface area contributed by atoms with Crippen molar-refractivity contribution < 1.29 is 0 Å². The summed E-state index contributed by atoms with van der Waals surface area (Å²) in [5, 5.41) is 0. The Labute approximate surface area is 77.4 Å². The molecule has 1 rings (SSSR count). The molecule has 1 unspecified atom stereocenters. The molecule has 0 radical (unpaired) electrons. The smallest absolute Gasteiger partial charge is 0.0224 e. The van der Waals surface area contributed by atoms with E-state index in [0.717, 1.165) is 5.92 Å². The molecule has 0 spiro atoms. The van der Waals surface area contributed by atoms with Crippen LogP contribution in [0.1, 0.15) is 47.0 Å². The Morgan fingerprint density at radius 2 is 2.08 bits per heavy atom. The van der Waals surface area contributed by atoms with Crippen molar-refractivity contribution in [3.8, 4) is 0 Å². The van der Waals surface area contributed by atoms with Crippen LogP contribution in [0.3, 0.4) is 0 Å². The molecule has 0 heteroatoms. The summed E-state index contributed by atoms with van der Waals surface area (Å²) in [5.74, 6) is 0.764. The summed E-state index contributed by atoms with van der Waals surface area (Å²) in [6, 6.07) is 0. The van der Waals surface area contributed by atoms with E-state index in [-0.39, 0.29) is 0 Å². The summed E-state index contributed by atoms with van der Waals surface area (Å²) in [7, 11) is 0. The Hall–Kier alpha value is -0.520. The van der Waals surface area contributed by atoms with E-state index in [2.05, 4.69) is 32.1 Å². The van der Waals surface area contributed by atoms with Crippen molar-refractivity contribution in [3.05, 3.63) is 23.8 Å². The van der Waals surface area contributed by atoms with Crippen molar-refractivity contribution in [2.75, 3.05) is 0 Å². The van der Waals surface area contributed by atoms with Gasteiger partial charge in [0.1, 0.15) is 0 Å². The molecule has 1 atom stereocenters. The molecule has 0 aromatic carbocycles. The van der Waals surface area contributed by atoms with Crippen LogP contribution in [0.5, 0.6) is 0 Å². The molecule has 0 N–H and O–H groups in total. The van der Waals surface area contributed by atoms with Crippen molar-refractivity contribution in [3.63, 3.8) is 0 Å². The molecule has 0 nitrogen and oxygen atoms in total. The molecule has 0 fully saturated rings. The van der Waals surface area contributed by atoms with Gasteiger partial charge in [0.05, 0.1) is 0 Å². The lowest BCUT2D eigenvalue weighted by Gasteiger charge is -2.10. The van der Waals surface area contributed by atoms with Crippen LogP contribution < -0.4 is 0 Å². The van der Waals surface area contributed by atoms with Gasteiger partial charge >= 0.3 is 0 Å². The van der Waals surface area contributed by atoms with Crippen molar-refractivity contribution >= 4 is 0 Å². The average Bonchev–Trinajstić information content (AvgIpc) is 2.13. The highest BCUT2D eigenvalue weighted by Gasteiger charge is 2.01. The second kappa shape index (κ2) is 7.15. The Kier molecular flexibility index (Phi) is 6.84. The van der Waals surface area contributed by atoms with Crippen LogP contribution in [0.15, 0.2) is 23.8 Å². The van der Waals surface area contributed by atoms with Gasteiger partial charge in [-0.2, -0.15) is 0 Å². The van der Waals surface area contributed by atoms with Gasteiger partial charge in [0.2, 0.25) is 0 Å². The van der Waals surface area contributed by atoms with Crippen LogP contribution in [0.4, 0.5) is 0 Å². The van der Waals surface area contributed by atoms with E-state index in [1.807, 2.05) is 13.8 Å². The maximum atomic E-state index is 2.37. The third kappa shape index (κ3) is 4.38. The van der Waals surface area contributed by atoms with E-state index in [9.17, 15) is 0 Å². The first-order valence-corrected chi connectivity index (χ1v) is 5.20. The molecular formula is C12H22. The lowest BCUT2D eigenvalue weighted by atomic mass is 9.96. The molecule has 0 bridgehead atoms. The molecule has 1 aliphatic carbocycles. The van der Waals surface area contributed by atoms with E-state index < -0.39 is 0 Å². The van der Waals surface area contributed by atoms with Gasteiger partial charge in [0, 0.05) is 0 Å². The van der Waals surface area contributed by atoms with Crippen LogP contribution >= 0.6 is 0 Å². The highest BCUT2D eigenvalue weighted by atomic mass is 14.1. The van der Waals surface area contributed by atoms with Crippen LogP contribution in [0, 0.1) is 5.92 Å². The summed E-state index contributed by atoms with van der Waals surface area (Å²) in [6.45, 7) is 8.49. The van der Waals surface area contributed by atoms with Gasteiger partial charge in [-0.25, -0.2) is 0 Å². The number of hydrogen-bond donors (Lipinski definition) is 0. The average molecular weight is 166 g/mol. The monoisotopic (exact) mass is 166 g/mol. The second-order valence-electron chi connectivity index (χ2n) is 3.10. The fourth-order valence-electron chi connectivity index (χ4n) is 1.25. The van der Waals surface area contributed by atoms with Gasteiger partial charge in [-0.3, -0.25) is 0 Å². The van der Waals surface area contributed by atoms with E-state index >= 15 is 0 Å². The first kappa shape index (κ1) is 11.5. The summed E-state index contributed by atoms with van der Waals surface area (Å²) in [4.78, 5) is 0. The fraction of sp³-hybridized carbons (Fsp3) is 0.667. The molecule has 1 aliphatic rings.